The second-order valence-corrected chi connectivity index (χ2v) is 3.83. The van der Waals surface area contributed by atoms with E-state index in [1.807, 2.05) is 0 Å². The van der Waals surface area contributed by atoms with Crippen LogP contribution in [-0.2, 0) is 19.1 Å². The van der Waals surface area contributed by atoms with E-state index in [-0.39, 0.29) is 6.61 Å². The molecular weight excluding hydrogens is 262 g/mol. The smallest absolute Gasteiger partial charge is 0.379 e. The first-order valence-electron chi connectivity index (χ1n) is 5.94. The van der Waals surface area contributed by atoms with E-state index in [0.29, 0.717) is 10.8 Å². The van der Waals surface area contributed by atoms with Gasteiger partial charge in [-0.2, -0.15) is 0 Å². The molecule has 0 aromatic heterocycles. The van der Waals surface area contributed by atoms with Crippen molar-refractivity contribution in [2.75, 3.05) is 11.7 Å². The molecule has 0 heterocycles. The second-order valence-electron chi connectivity index (χ2n) is 3.83. The summed E-state index contributed by atoms with van der Waals surface area (Å²) in [5.74, 6) is -2.86. The zero-order valence-corrected chi connectivity index (χ0v) is 11.2. The van der Waals surface area contributed by atoms with Crippen molar-refractivity contribution in [2.24, 2.45) is 0 Å². The van der Waals surface area contributed by atoms with Crippen LogP contribution >= 0.6 is 0 Å². The molecular formula is C14H15NO5. The maximum atomic E-state index is 11.7. The second kappa shape index (κ2) is 7.20. The molecule has 0 aliphatic heterocycles. The van der Waals surface area contributed by atoms with E-state index in [4.69, 9.17) is 0 Å². The molecule has 0 amide bonds. The summed E-state index contributed by atoms with van der Waals surface area (Å²) in [7, 11) is 0. The number of nitrogens with zero attached hydrogens (tertiary/aromatic N) is 1. The van der Waals surface area contributed by atoms with Gasteiger partial charge in [-0.15, -0.1) is 0 Å². The third-order valence-corrected chi connectivity index (χ3v) is 2.36. The van der Waals surface area contributed by atoms with Gasteiger partial charge in [0.25, 0.3) is 5.78 Å². The molecule has 0 saturated heterocycles. The van der Waals surface area contributed by atoms with Crippen LogP contribution in [-0.4, -0.2) is 29.3 Å². The van der Waals surface area contributed by atoms with E-state index in [1.54, 1.807) is 37.3 Å². The Morgan fingerprint density at radius 2 is 1.85 bits per heavy atom. The van der Waals surface area contributed by atoms with Crippen LogP contribution in [0.25, 0.3) is 0 Å². The molecule has 0 saturated carbocycles. The van der Waals surface area contributed by atoms with Crippen molar-refractivity contribution in [3.63, 3.8) is 0 Å². The number of rotatable bonds is 6. The number of hydroxylamine groups is 1. The quantitative estimate of drug-likeness (QED) is 0.212. The van der Waals surface area contributed by atoms with Gasteiger partial charge in [0.1, 0.15) is 0 Å². The van der Waals surface area contributed by atoms with Gasteiger partial charge in [-0.1, -0.05) is 18.2 Å². The number of ketones is 2. The maximum Gasteiger partial charge on any atom is 0.379 e. The molecule has 1 aromatic rings. The third-order valence-electron chi connectivity index (χ3n) is 2.36. The predicted molar refractivity (Wildman–Crippen MR) is 71.1 cm³/mol. The highest BCUT2D eigenvalue weighted by atomic mass is 16.5. The van der Waals surface area contributed by atoms with Gasteiger partial charge in [0, 0.05) is 6.20 Å². The van der Waals surface area contributed by atoms with Gasteiger partial charge in [-0.05, 0) is 26.0 Å². The van der Waals surface area contributed by atoms with Gasteiger partial charge in [0.2, 0.25) is 0 Å². The van der Waals surface area contributed by atoms with E-state index in [9.17, 15) is 19.6 Å². The highest BCUT2D eigenvalue weighted by molar-refractivity contribution is 6.47. The van der Waals surface area contributed by atoms with Crippen LogP contribution in [0.1, 0.15) is 13.8 Å². The van der Waals surface area contributed by atoms with Gasteiger partial charge in [0.15, 0.2) is 5.78 Å². The van der Waals surface area contributed by atoms with Gasteiger partial charge in [-0.25, -0.2) is 9.86 Å². The van der Waals surface area contributed by atoms with Gasteiger partial charge < -0.3 is 4.74 Å². The number of para-hydroxylation sites is 1. The number of benzene rings is 1. The Morgan fingerprint density at radius 3 is 2.35 bits per heavy atom. The summed E-state index contributed by atoms with van der Waals surface area (Å²) in [6.07, 6.45) is 0.900. The summed E-state index contributed by atoms with van der Waals surface area (Å²) in [5, 5.41) is 10.4. The normalized spacial score (nSPS) is 10.8. The Labute approximate surface area is 116 Å². The largest absolute Gasteiger partial charge is 0.460 e. The summed E-state index contributed by atoms with van der Waals surface area (Å²) >= 11 is 0. The average Bonchev–Trinajstić information content (AvgIpc) is 2.44. The van der Waals surface area contributed by atoms with Gasteiger partial charge in [-0.3, -0.25) is 14.8 Å². The zero-order chi connectivity index (χ0) is 15.1. The van der Waals surface area contributed by atoms with E-state index in [2.05, 4.69) is 4.74 Å². The number of carbonyl (C=O) groups is 3. The molecule has 20 heavy (non-hydrogen) atoms. The van der Waals surface area contributed by atoms with Crippen LogP contribution in [0.5, 0.6) is 0 Å². The molecule has 0 unspecified atom stereocenters. The predicted octanol–water partition coefficient (Wildman–Crippen LogP) is 1.49. The van der Waals surface area contributed by atoms with Crippen LogP contribution in [0.4, 0.5) is 5.69 Å². The number of carbonyl (C=O) groups excluding carboxylic acids is 3. The molecule has 1 rings (SSSR count). The zero-order valence-electron chi connectivity index (χ0n) is 11.2. The van der Waals surface area contributed by atoms with Crippen molar-refractivity contribution in [3.8, 4) is 0 Å². The fourth-order valence-corrected chi connectivity index (χ4v) is 1.39. The molecule has 1 N–H and O–H groups in total. The molecule has 0 aliphatic rings. The Bertz CT molecular complexity index is 536. The monoisotopic (exact) mass is 277 g/mol. The summed E-state index contributed by atoms with van der Waals surface area (Å²) in [6, 6.07) is 8.24. The Hall–Kier alpha value is -2.47. The lowest BCUT2D eigenvalue weighted by molar-refractivity contribution is -0.152. The molecule has 0 bridgehead atoms. The standard InChI is InChI=1S/C14H15NO5/c1-3-20-14(18)13(17)12(10(2)16)9-15(19)11-7-5-4-6-8-11/h4-9,19H,3H2,1-2H3/b12-9-. The summed E-state index contributed by atoms with van der Waals surface area (Å²) in [5.41, 5.74) is -0.0993. The van der Waals surface area contributed by atoms with Crippen molar-refractivity contribution in [3.05, 3.63) is 42.1 Å². The van der Waals surface area contributed by atoms with E-state index < -0.39 is 23.1 Å². The number of anilines is 1. The third kappa shape index (κ3) is 4.03. The van der Waals surface area contributed by atoms with Crippen molar-refractivity contribution >= 4 is 23.2 Å². The summed E-state index contributed by atoms with van der Waals surface area (Å²) < 4.78 is 4.54. The van der Waals surface area contributed by atoms with Crippen molar-refractivity contribution < 1.29 is 24.3 Å². The lowest BCUT2D eigenvalue weighted by Crippen LogP contribution is -2.25. The van der Waals surface area contributed by atoms with Crippen molar-refractivity contribution in [1.82, 2.24) is 0 Å². The van der Waals surface area contributed by atoms with Crippen molar-refractivity contribution in [1.29, 1.82) is 0 Å². The Morgan fingerprint density at radius 1 is 1.25 bits per heavy atom. The fourth-order valence-electron chi connectivity index (χ4n) is 1.39. The molecule has 6 heteroatoms. The van der Waals surface area contributed by atoms with Crippen LogP contribution in [0, 0.1) is 0 Å². The number of esters is 1. The van der Waals surface area contributed by atoms with Gasteiger partial charge in [0.05, 0.1) is 17.9 Å². The maximum absolute atomic E-state index is 11.7. The van der Waals surface area contributed by atoms with E-state index in [1.165, 1.54) is 0 Å². The topological polar surface area (TPSA) is 83.9 Å². The minimum absolute atomic E-state index is 0.0251. The van der Waals surface area contributed by atoms with Crippen LogP contribution in [0.15, 0.2) is 42.1 Å². The lowest BCUT2D eigenvalue weighted by atomic mass is 10.1. The van der Waals surface area contributed by atoms with Crippen LogP contribution < -0.4 is 5.06 Å². The Kier molecular flexibility index (Phi) is 5.61. The first kappa shape index (κ1) is 15.6. The first-order chi connectivity index (χ1) is 9.47. The molecule has 6 nitrogen and oxygen atoms in total. The van der Waals surface area contributed by atoms with E-state index in [0.717, 1.165) is 13.1 Å². The minimum atomic E-state index is -1.13. The highest BCUT2D eigenvalue weighted by Crippen LogP contribution is 2.13. The van der Waals surface area contributed by atoms with Crippen molar-refractivity contribution in [2.45, 2.75) is 13.8 Å². The van der Waals surface area contributed by atoms with Crippen LogP contribution in [0.2, 0.25) is 0 Å². The molecule has 106 valence electrons. The number of ether oxygens (including phenoxy) is 1. The van der Waals surface area contributed by atoms with Crippen LogP contribution in [0.3, 0.4) is 0 Å². The minimum Gasteiger partial charge on any atom is -0.460 e. The Balaban J connectivity index is 3.02. The molecule has 1 aromatic carbocycles. The molecule has 0 atom stereocenters. The average molecular weight is 277 g/mol. The fraction of sp³-hybridized carbons (Fsp3) is 0.214. The highest BCUT2D eigenvalue weighted by Gasteiger charge is 2.24. The summed E-state index contributed by atoms with van der Waals surface area (Å²) in [4.78, 5) is 34.5. The molecule has 0 spiro atoms. The molecule has 0 aliphatic carbocycles. The SMILES string of the molecule is CCOC(=O)C(=O)/C(=C\N(O)c1ccccc1)C(C)=O. The van der Waals surface area contributed by atoms with Gasteiger partial charge >= 0.3 is 5.97 Å². The first-order valence-corrected chi connectivity index (χ1v) is 5.94. The van der Waals surface area contributed by atoms with E-state index >= 15 is 0 Å². The number of Topliss-reactive ketones (excluding diaryl/α,β-unsaturated/α-hetero) is 2. The molecule has 0 radical (unpaired) electrons. The lowest BCUT2D eigenvalue weighted by Gasteiger charge is -2.13. The number of hydrogen-bond donors (Lipinski definition) is 1. The summed E-state index contributed by atoms with van der Waals surface area (Å²) in [6.45, 7) is 2.70. The number of hydrogen-bond acceptors (Lipinski definition) is 6. The molecule has 0 fully saturated rings.